The molecule has 1 atom stereocenters. The number of rotatable bonds is 6. The van der Waals surface area contributed by atoms with Gasteiger partial charge in [0.1, 0.15) is 12.6 Å². The van der Waals surface area contributed by atoms with Crippen LogP contribution in [-0.4, -0.2) is 35.3 Å². The zero-order valence-corrected chi connectivity index (χ0v) is 17.4. The SMILES string of the molecule is CCc1cccc(CC)c1NC(=O)CN1C(=O)C(C)N(c2ccc(C)cc2)C1=O. The van der Waals surface area contributed by atoms with E-state index in [0.717, 1.165) is 40.1 Å². The summed E-state index contributed by atoms with van der Waals surface area (Å²) in [6.45, 7) is 7.39. The number of hydrogen-bond donors (Lipinski definition) is 1. The van der Waals surface area contributed by atoms with Gasteiger partial charge in [-0.15, -0.1) is 0 Å². The van der Waals surface area contributed by atoms with Gasteiger partial charge in [-0.3, -0.25) is 19.4 Å². The molecule has 1 saturated heterocycles. The highest BCUT2D eigenvalue weighted by molar-refractivity contribution is 6.16. The van der Waals surface area contributed by atoms with E-state index >= 15 is 0 Å². The number of urea groups is 1. The van der Waals surface area contributed by atoms with E-state index < -0.39 is 12.1 Å². The molecule has 1 fully saturated rings. The van der Waals surface area contributed by atoms with E-state index in [2.05, 4.69) is 5.32 Å². The molecule has 29 heavy (non-hydrogen) atoms. The summed E-state index contributed by atoms with van der Waals surface area (Å²) in [7, 11) is 0. The van der Waals surface area contributed by atoms with Gasteiger partial charge >= 0.3 is 6.03 Å². The van der Waals surface area contributed by atoms with Gasteiger partial charge in [0.25, 0.3) is 5.91 Å². The largest absolute Gasteiger partial charge is 0.332 e. The molecular formula is C23H27N3O3. The molecule has 0 bridgehead atoms. The predicted molar refractivity (Wildman–Crippen MR) is 114 cm³/mol. The monoisotopic (exact) mass is 393 g/mol. The minimum Gasteiger partial charge on any atom is -0.324 e. The molecule has 1 unspecified atom stereocenters. The van der Waals surface area contributed by atoms with Crippen LogP contribution in [0.5, 0.6) is 0 Å². The van der Waals surface area contributed by atoms with Crippen molar-refractivity contribution in [2.75, 3.05) is 16.8 Å². The molecule has 0 aliphatic carbocycles. The number of carbonyl (C=O) groups is 3. The fraction of sp³-hybridized carbons (Fsp3) is 0.348. The van der Waals surface area contributed by atoms with Crippen LogP contribution in [0.2, 0.25) is 0 Å². The van der Waals surface area contributed by atoms with Crippen LogP contribution in [-0.2, 0) is 22.4 Å². The van der Waals surface area contributed by atoms with E-state index in [1.54, 1.807) is 6.92 Å². The van der Waals surface area contributed by atoms with Crippen LogP contribution in [0, 0.1) is 6.92 Å². The number of amides is 4. The lowest BCUT2D eigenvalue weighted by molar-refractivity contribution is -0.130. The number of aryl methyl sites for hydroxylation is 3. The number of carbonyl (C=O) groups excluding carboxylic acids is 3. The molecule has 1 heterocycles. The standard InChI is InChI=1S/C23H27N3O3/c1-5-17-8-7-9-18(6-2)21(17)24-20(27)14-25-22(28)16(4)26(23(25)29)19-12-10-15(3)11-13-19/h7-13,16H,5-6,14H2,1-4H3,(H,24,27). The van der Waals surface area contributed by atoms with Crippen molar-refractivity contribution in [3.05, 3.63) is 59.2 Å². The van der Waals surface area contributed by atoms with Gasteiger partial charge in [-0.25, -0.2) is 4.79 Å². The average molecular weight is 393 g/mol. The average Bonchev–Trinajstić information content (AvgIpc) is 2.92. The van der Waals surface area contributed by atoms with Gasteiger partial charge in [-0.1, -0.05) is 49.7 Å². The minimum absolute atomic E-state index is 0.300. The first-order valence-electron chi connectivity index (χ1n) is 9.99. The molecule has 1 N–H and O–H groups in total. The lowest BCUT2D eigenvalue weighted by Gasteiger charge is -2.20. The third kappa shape index (κ3) is 4.01. The molecule has 0 aromatic heterocycles. The maximum absolute atomic E-state index is 12.9. The van der Waals surface area contributed by atoms with E-state index in [4.69, 9.17) is 0 Å². The Labute approximate surface area is 171 Å². The number of para-hydroxylation sites is 1. The molecule has 152 valence electrons. The fourth-order valence-corrected chi connectivity index (χ4v) is 3.64. The van der Waals surface area contributed by atoms with Gasteiger partial charge in [0.15, 0.2) is 0 Å². The summed E-state index contributed by atoms with van der Waals surface area (Å²) < 4.78 is 0. The summed E-state index contributed by atoms with van der Waals surface area (Å²) in [4.78, 5) is 40.8. The van der Waals surface area contributed by atoms with Gasteiger partial charge in [-0.05, 0) is 49.9 Å². The van der Waals surface area contributed by atoms with Crippen LogP contribution in [0.3, 0.4) is 0 Å². The lowest BCUT2D eigenvalue weighted by Crippen LogP contribution is -2.39. The first-order valence-corrected chi connectivity index (χ1v) is 9.99. The molecule has 1 aliphatic rings. The molecule has 2 aromatic rings. The molecule has 1 aliphatic heterocycles. The van der Waals surface area contributed by atoms with Crippen molar-refractivity contribution >= 4 is 29.2 Å². The van der Waals surface area contributed by atoms with E-state index in [1.165, 1.54) is 4.90 Å². The molecule has 0 spiro atoms. The van der Waals surface area contributed by atoms with Crippen molar-refractivity contribution in [1.82, 2.24) is 4.90 Å². The maximum Gasteiger partial charge on any atom is 0.332 e. The molecule has 6 nitrogen and oxygen atoms in total. The molecular weight excluding hydrogens is 366 g/mol. The van der Waals surface area contributed by atoms with Crippen molar-refractivity contribution in [3.63, 3.8) is 0 Å². The minimum atomic E-state index is -0.646. The second-order valence-electron chi connectivity index (χ2n) is 7.30. The number of imide groups is 1. The van der Waals surface area contributed by atoms with E-state index in [-0.39, 0.29) is 18.4 Å². The topological polar surface area (TPSA) is 69.7 Å². The van der Waals surface area contributed by atoms with Crippen LogP contribution in [0.1, 0.15) is 37.5 Å². The zero-order chi connectivity index (χ0) is 21.1. The van der Waals surface area contributed by atoms with Crippen molar-refractivity contribution in [2.24, 2.45) is 0 Å². The van der Waals surface area contributed by atoms with Crippen LogP contribution in [0.4, 0.5) is 16.2 Å². The quantitative estimate of drug-likeness (QED) is 0.757. The van der Waals surface area contributed by atoms with Crippen LogP contribution in [0.15, 0.2) is 42.5 Å². The Morgan fingerprint density at radius 1 is 1.00 bits per heavy atom. The highest BCUT2D eigenvalue weighted by Crippen LogP contribution is 2.27. The summed E-state index contributed by atoms with van der Waals surface area (Å²) >= 11 is 0. The Morgan fingerprint density at radius 3 is 2.14 bits per heavy atom. The van der Waals surface area contributed by atoms with E-state index in [1.807, 2.05) is 63.2 Å². The first-order chi connectivity index (χ1) is 13.9. The predicted octanol–water partition coefficient (Wildman–Crippen LogP) is 3.92. The summed E-state index contributed by atoms with van der Waals surface area (Å²) in [6.07, 6.45) is 1.56. The number of nitrogens with zero attached hydrogens (tertiary/aromatic N) is 2. The zero-order valence-electron chi connectivity index (χ0n) is 17.4. The molecule has 4 amide bonds. The first kappa shape index (κ1) is 20.6. The smallest absolute Gasteiger partial charge is 0.324 e. The number of hydrogen-bond acceptors (Lipinski definition) is 3. The number of nitrogens with one attached hydrogen (secondary N) is 1. The summed E-state index contributed by atoms with van der Waals surface area (Å²) in [6, 6.07) is 12.2. The fourth-order valence-electron chi connectivity index (χ4n) is 3.64. The second kappa shape index (κ2) is 8.47. The van der Waals surface area contributed by atoms with Gasteiger partial charge in [0.05, 0.1) is 0 Å². The van der Waals surface area contributed by atoms with Crippen molar-refractivity contribution in [3.8, 4) is 0 Å². The Morgan fingerprint density at radius 2 is 1.59 bits per heavy atom. The molecule has 0 saturated carbocycles. The summed E-state index contributed by atoms with van der Waals surface area (Å²) in [5, 5.41) is 2.92. The van der Waals surface area contributed by atoms with Crippen molar-refractivity contribution in [2.45, 2.75) is 46.6 Å². The van der Waals surface area contributed by atoms with Gasteiger partial charge < -0.3 is 5.32 Å². The third-order valence-corrected chi connectivity index (χ3v) is 5.32. The van der Waals surface area contributed by atoms with E-state index in [9.17, 15) is 14.4 Å². The Bertz CT molecular complexity index is 915. The van der Waals surface area contributed by atoms with Crippen molar-refractivity contribution < 1.29 is 14.4 Å². The van der Waals surface area contributed by atoms with Gasteiger partial charge in [0.2, 0.25) is 5.91 Å². The highest BCUT2D eigenvalue weighted by Gasteiger charge is 2.44. The Balaban J connectivity index is 1.78. The Hall–Kier alpha value is -3.15. The third-order valence-electron chi connectivity index (χ3n) is 5.32. The number of anilines is 2. The molecule has 0 radical (unpaired) electrons. The number of benzene rings is 2. The van der Waals surface area contributed by atoms with Gasteiger partial charge in [0, 0.05) is 11.4 Å². The lowest BCUT2D eigenvalue weighted by atomic mass is 10.0. The normalized spacial score (nSPS) is 16.5. The summed E-state index contributed by atoms with van der Waals surface area (Å²) in [5.74, 6) is -0.745. The molecule has 2 aromatic carbocycles. The van der Waals surface area contributed by atoms with Gasteiger partial charge in [-0.2, -0.15) is 0 Å². The second-order valence-corrected chi connectivity index (χ2v) is 7.30. The Kier molecular flexibility index (Phi) is 6.01. The highest BCUT2D eigenvalue weighted by atomic mass is 16.2. The van der Waals surface area contributed by atoms with Crippen LogP contribution >= 0.6 is 0 Å². The van der Waals surface area contributed by atoms with E-state index in [0.29, 0.717) is 5.69 Å². The molecule has 6 heteroatoms. The maximum atomic E-state index is 12.9. The summed E-state index contributed by atoms with van der Waals surface area (Å²) in [5.41, 5.74) is 4.56. The van der Waals surface area contributed by atoms with Crippen LogP contribution in [0.25, 0.3) is 0 Å². The molecule has 3 rings (SSSR count). The van der Waals surface area contributed by atoms with Crippen LogP contribution < -0.4 is 10.2 Å². The van der Waals surface area contributed by atoms with Crippen molar-refractivity contribution in [1.29, 1.82) is 0 Å².